The first-order chi connectivity index (χ1) is 8.69. The fourth-order valence-electron chi connectivity index (χ4n) is 2.17. The lowest BCUT2D eigenvalue weighted by Gasteiger charge is -2.32. The summed E-state index contributed by atoms with van der Waals surface area (Å²) < 4.78 is 19.6. The van der Waals surface area contributed by atoms with Crippen molar-refractivity contribution in [3.8, 4) is 0 Å². The number of likely N-dealkylation sites (N-methyl/N-ethyl adjacent to an activating group) is 1. The Morgan fingerprint density at radius 1 is 1.56 bits per heavy atom. The highest BCUT2D eigenvalue weighted by Gasteiger charge is 2.19. The third-order valence-corrected chi connectivity index (χ3v) is 3.69. The molecule has 2 rings (SSSR count). The van der Waals surface area contributed by atoms with Crippen LogP contribution in [0.25, 0.3) is 0 Å². The molecule has 1 aliphatic heterocycles. The van der Waals surface area contributed by atoms with Crippen LogP contribution in [0.15, 0.2) is 22.7 Å². The number of hydrogen-bond donors (Lipinski definition) is 1. The highest BCUT2D eigenvalue weighted by Crippen LogP contribution is 2.18. The van der Waals surface area contributed by atoms with E-state index in [0.717, 1.165) is 38.3 Å². The molecule has 0 aromatic heterocycles. The lowest BCUT2D eigenvalue weighted by atomic mass is 10.2. The van der Waals surface area contributed by atoms with Crippen LogP contribution in [0.1, 0.15) is 5.56 Å². The molecule has 5 heteroatoms. The minimum atomic E-state index is -0.201. The Labute approximate surface area is 115 Å². The van der Waals surface area contributed by atoms with Crippen molar-refractivity contribution >= 4 is 15.9 Å². The number of morpholine rings is 1. The smallest absolute Gasteiger partial charge is 0.137 e. The maximum atomic E-state index is 13.4. The van der Waals surface area contributed by atoms with Crippen LogP contribution in [0.3, 0.4) is 0 Å². The monoisotopic (exact) mass is 316 g/mol. The van der Waals surface area contributed by atoms with Gasteiger partial charge in [-0.1, -0.05) is 6.07 Å². The molecule has 0 bridgehead atoms. The molecule has 1 aliphatic rings. The van der Waals surface area contributed by atoms with E-state index >= 15 is 0 Å². The van der Waals surface area contributed by atoms with Crippen molar-refractivity contribution in [3.63, 3.8) is 0 Å². The Morgan fingerprint density at radius 2 is 2.39 bits per heavy atom. The molecule has 100 valence electrons. The summed E-state index contributed by atoms with van der Waals surface area (Å²) in [5, 5.41) is 3.12. The first kappa shape index (κ1) is 13.9. The predicted octanol–water partition coefficient (Wildman–Crippen LogP) is 2.01. The van der Waals surface area contributed by atoms with Gasteiger partial charge in [0.2, 0.25) is 0 Å². The van der Waals surface area contributed by atoms with Gasteiger partial charge < -0.3 is 10.1 Å². The van der Waals surface area contributed by atoms with Crippen molar-refractivity contribution in [2.24, 2.45) is 0 Å². The molecule has 0 amide bonds. The zero-order valence-corrected chi connectivity index (χ0v) is 12.0. The van der Waals surface area contributed by atoms with Gasteiger partial charge in [-0.25, -0.2) is 4.39 Å². The molecule has 1 aromatic rings. The number of nitrogens with zero attached hydrogens (tertiary/aromatic N) is 1. The third-order valence-electron chi connectivity index (χ3n) is 3.04. The van der Waals surface area contributed by atoms with Crippen molar-refractivity contribution in [2.75, 3.05) is 33.3 Å². The SMILES string of the molecule is CNCC1CN(Cc2ccc(Br)c(F)c2)CCO1. The number of hydrogen-bond acceptors (Lipinski definition) is 3. The van der Waals surface area contributed by atoms with E-state index in [1.165, 1.54) is 0 Å². The molecule has 1 saturated heterocycles. The quantitative estimate of drug-likeness (QED) is 0.919. The van der Waals surface area contributed by atoms with E-state index in [1.807, 2.05) is 13.1 Å². The van der Waals surface area contributed by atoms with Gasteiger partial charge in [0.05, 0.1) is 17.2 Å². The standard InChI is InChI=1S/C13H18BrFN2O/c1-16-7-11-9-17(4-5-18-11)8-10-2-3-12(14)13(15)6-10/h2-3,6,11,16H,4-5,7-9H2,1H3. The summed E-state index contributed by atoms with van der Waals surface area (Å²) in [6.45, 7) is 4.15. The van der Waals surface area contributed by atoms with Crippen molar-refractivity contribution < 1.29 is 9.13 Å². The third kappa shape index (κ3) is 3.75. The van der Waals surface area contributed by atoms with E-state index in [1.54, 1.807) is 12.1 Å². The number of halogens is 2. The summed E-state index contributed by atoms with van der Waals surface area (Å²) in [6, 6.07) is 5.30. The molecular formula is C13H18BrFN2O. The minimum Gasteiger partial charge on any atom is -0.374 e. The van der Waals surface area contributed by atoms with Gasteiger partial charge in [-0.3, -0.25) is 4.90 Å². The van der Waals surface area contributed by atoms with Gasteiger partial charge in [0, 0.05) is 26.2 Å². The number of nitrogens with one attached hydrogen (secondary N) is 1. The van der Waals surface area contributed by atoms with Crippen LogP contribution in [0.4, 0.5) is 4.39 Å². The van der Waals surface area contributed by atoms with Crippen LogP contribution in [-0.2, 0) is 11.3 Å². The lowest BCUT2D eigenvalue weighted by molar-refractivity contribution is -0.0291. The Morgan fingerprint density at radius 3 is 3.11 bits per heavy atom. The van der Waals surface area contributed by atoms with E-state index < -0.39 is 0 Å². The molecule has 1 fully saturated rings. The number of ether oxygens (including phenoxy) is 1. The van der Waals surface area contributed by atoms with Crippen molar-refractivity contribution in [2.45, 2.75) is 12.6 Å². The maximum Gasteiger partial charge on any atom is 0.137 e. The molecule has 0 aliphatic carbocycles. The highest BCUT2D eigenvalue weighted by atomic mass is 79.9. The summed E-state index contributed by atoms with van der Waals surface area (Å²) in [6.07, 6.45) is 0.226. The Kier molecular flexibility index (Phi) is 5.12. The first-order valence-electron chi connectivity index (χ1n) is 6.11. The average molecular weight is 317 g/mol. The van der Waals surface area contributed by atoms with Gasteiger partial charge in [-0.2, -0.15) is 0 Å². The molecule has 1 aromatic carbocycles. The normalized spacial score (nSPS) is 21.2. The maximum absolute atomic E-state index is 13.4. The Balaban J connectivity index is 1.93. The molecule has 0 spiro atoms. The first-order valence-corrected chi connectivity index (χ1v) is 6.91. The number of rotatable bonds is 4. The zero-order valence-electron chi connectivity index (χ0n) is 10.5. The summed E-state index contributed by atoms with van der Waals surface area (Å²) in [5.74, 6) is -0.201. The van der Waals surface area contributed by atoms with Crippen LogP contribution >= 0.6 is 15.9 Å². The molecular weight excluding hydrogens is 299 g/mol. The van der Waals surface area contributed by atoms with Gasteiger partial charge in [0.1, 0.15) is 5.82 Å². The highest BCUT2D eigenvalue weighted by molar-refractivity contribution is 9.10. The summed E-state index contributed by atoms with van der Waals surface area (Å²) in [7, 11) is 1.92. The Hall–Kier alpha value is -0.490. The van der Waals surface area contributed by atoms with Crippen LogP contribution in [0.5, 0.6) is 0 Å². The second-order valence-electron chi connectivity index (χ2n) is 4.53. The second-order valence-corrected chi connectivity index (χ2v) is 5.39. The Bertz CT molecular complexity index is 401. The van der Waals surface area contributed by atoms with E-state index in [9.17, 15) is 4.39 Å². The largest absolute Gasteiger partial charge is 0.374 e. The molecule has 1 atom stereocenters. The summed E-state index contributed by atoms with van der Waals surface area (Å²) in [5.41, 5.74) is 1.00. The van der Waals surface area contributed by atoms with E-state index in [4.69, 9.17) is 4.74 Å². The second kappa shape index (κ2) is 6.61. The van der Waals surface area contributed by atoms with Gasteiger partial charge in [0.15, 0.2) is 0 Å². The predicted molar refractivity (Wildman–Crippen MR) is 73.0 cm³/mol. The van der Waals surface area contributed by atoms with Gasteiger partial charge in [-0.05, 0) is 40.7 Å². The zero-order chi connectivity index (χ0) is 13.0. The molecule has 3 nitrogen and oxygen atoms in total. The molecule has 1 N–H and O–H groups in total. The van der Waals surface area contributed by atoms with Crippen LogP contribution < -0.4 is 5.32 Å². The number of benzene rings is 1. The topological polar surface area (TPSA) is 24.5 Å². The van der Waals surface area contributed by atoms with Crippen LogP contribution in [0.2, 0.25) is 0 Å². The van der Waals surface area contributed by atoms with Gasteiger partial charge in [0.25, 0.3) is 0 Å². The molecule has 18 heavy (non-hydrogen) atoms. The molecule has 0 radical (unpaired) electrons. The minimum absolute atomic E-state index is 0.201. The van der Waals surface area contributed by atoms with Gasteiger partial charge in [-0.15, -0.1) is 0 Å². The van der Waals surface area contributed by atoms with E-state index in [2.05, 4.69) is 26.1 Å². The van der Waals surface area contributed by atoms with Gasteiger partial charge >= 0.3 is 0 Å². The average Bonchev–Trinajstić information content (AvgIpc) is 2.35. The van der Waals surface area contributed by atoms with Crippen LogP contribution in [-0.4, -0.2) is 44.3 Å². The molecule has 0 saturated carbocycles. The fourth-order valence-corrected chi connectivity index (χ4v) is 2.42. The van der Waals surface area contributed by atoms with Crippen LogP contribution in [0, 0.1) is 5.82 Å². The molecule has 1 heterocycles. The lowest BCUT2D eigenvalue weighted by Crippen LogP contribution is -2.45. The summed E-state index contributed by atoms with van der Waals surface area (Å²) in [4.78, 5) is 2.30. The van der Waals surface area contributed by atoms with Crippen molar-refractivity contribution in [1.29, 1.82) is 0 Å². The van der Waals surface area contributed by atoms with E-state index in [0.29, 0.717) is 4.47 Å². The van der Waals surface area contributed by atoms with E-state index in [-0.39, 0.29) is 11.9 Å². The van der Waals surface area contributed by atoms with Crippen molar-refractivity contribution in [1.82, 2.24) is 10.2 Å². The van der Waals surface area contributed by atoms with Crippen molar-refractivity contribution in [3.05, 3.63) is 34.1 Å². The summed E-state index contributed by atoms with van der Waals surface area (Å²) >= 11 is 3.17. The fraction of sp³-hybridized carbons (Fsp3) is 0.538. The molecule has 1 unspecified atom stereocenters.